The summed E-state index contributed by atoms with van der Waals surface area (Å²) in [5.74, 6) is 0.852. The highest BCUT2D eigenvalue weighted by atomic mass is 16.6. The number of non-ortho nitro benzene ring substituents is 1. The SMILES string of the molecule is Cc1noc(CNCc2ccc([N+](=O)[O-])cc2[N+](=O)[O-])n1. The molecule has 0 spiro atoms. The topological polar surface area (TPSA) is 137 Å². The summed E-state index contributed by atoms with van der Waals surface area (Å²) < 4.78 is 4.88. The van der Waals surface area contributed by atoms with Crippen LogP contribution in [0.15, 0.2) is 22.7 Å². The van der Waals surface area contributed by atoms with E-state index in [1.165, 1.54) is 12.1 Å². The molecule has 10 nitrogen and oxygen atoms in total. The first kappa shape index (κ1) is 14.5. The predicted molar refractivity (Wildman–Crippen MR) is 69.3 cm³/mol. The lowest BCUT2D eigenvalue weighted by atomic mass is 10.1. The van der Waals surface area contributed by atoms with Gasteiger partial charge in [0.2, 0.25) is 5.89 Å². The maximum absolute atomic E-state index is 10.9. The van der Waals surface area contributed by atoms with Gasteiger partial charge in [-0.05, 0) is 13.0 Å². The van der Waals surface area contributed by atoms with Gasteiger partial charge in [-0.15, -0.1) is 0 Å². The summed E-state index contributed by atoms with van der Waals surface area (Å²) in [4.78, 5) is 24.2. The van der Waals surface area contributed by atoms with Gasteiger partial charge < -0.3 is 9.84 Å². The number of aryl methyl sites for hydroxylation is 1. The number of nitro benzene ring substituents is 2. The molecule has 21 heavy (non-hydrogen) atoms. The van der Waals surface area contributed by atoms with E-state index in [1.54, 1.807) is 6.92 Å². The van der Waals surface area contributed by atoms with Gasteiger partial charge >= 0.3 is 0 Å². The third kappa shape index (κ3) is 3.57. The van der Waals surface area contributed by atoms with Crippen molar-refractivity contribution >= 4 is 11.4 Å². The van der Waals surface area contributed by atoms with Gasteiger partial charge in [0, 0.05) is 18.2 Å². The molecule has 0 unspecified atom stereocenters. The average molecular weight is 293 g/mol. The first-order valence-electron chi connectivity index (χ1n) is 5.89. The summed E-state index contributed by atoms with van der Waals surface area (Å²) in [6, 6.07) is 3.51. The molecule has 0 saturated carbocycles. The molecule has 0 aliphatic heterocycles. The van der Waals surface area contributed by atoms with Crippen LogP contribution in [-0.2, 0) is 13.1 Å². The number of nitro groups is 2. The van der Waals surface area contributed by atoms with Crippen LogP contribution in [0, 0.1) is 27.2 Å². The summed E-state index contributed by atoms with van der Waals surface area (Å²) >= 11 is 0. The molecule has 0 bridgehead atoms. The molecular weight excluding hydrogens is 282 g/mol. The molecule has 0 saturated heterocycles. The molecule has 2 rings (SSSR count). The Morgan fingerprint density at radius 3 is 2.57 bits per heavy atom. The molecule has 0 fully saturated rings. The van der Waals surface area contributed by atoms with Gasteiger partial charge in [-0.2, -0.15) is 4.98 Å². The number of benzene rings is 1. The second-order valence-electron chi connectivity index (χ2n) is 4.17. The molecule has 10 heteroatoms. The minimum Gasteiger partial charge on any atom is -0.338 e. The Bertz CT molecular complexity index is 683. The fourth-order valence-corrected chi connectivity index (χ4v) is 1.70. The Balaban J connectivity index is 2.08. The lowest BCUT2D eigenvalue weighted by molar-refractivity contribution is -0.394. The van der Waals surface area contributed by atoms with E-state index in [0.29, 0.717) is 17.3 Å². The Hall–Kier alpha value is -2.88. The molecule has 0 atom stereocenters. The minimum absolute atomic E-state index is 0.149. The normalized spacial score (nSPS) is 10.5. The van der Waals surface area contributed by atoms with Gasteiger partial charge in [0.25, 0.3) is 11.4 Å². The maximum Gasteiger partial charge on any atom is 0.280 e. The van der Waals surface area contributed by atoms with E-state index < -0.39 is 9.85 Å². The van der Waals surface area contributed by atoms with Gasteiger partial charge in [0.15, 0.2) is 5.82 Å². The van der Waals surface area contributed by atoms with Crippen molar-refractivity contribution in [3.8, 4) is 0 Å². The number of nitrogens with one attached hydrogen (secondary N) is 1. The van der Waals surface area contributed by atoms with E-state index in [1.807, 2.05) is 0 Å². The molecule has 1 aromatic heterocycles. The van der Waals surface area contributed by atoms with Gasteiger partial charge in [-0.3, -0.25) is 20.2 Å². The van der Waals surface area contributed by atoms with Crippen molar-refractivity contribution < 1.29 is 14.4 Å². The lowest BCUT2D eigenvalue weighted by Gasteiger charge is -2.03. The molecule has 0 aliphatic carbocycles. The predicted octanol–water partition coefficient (Wildman–Crippen LogP) is 1.48. The van der Waals surface area contributed by atoms with Gasteiger partial charge in [0.05, 0.1) is 22.5 Å². The highest BCUT2D eigenvalue weighted by Gasteiger charge is 2.19. The third-order valence-corrected chi connectivity index (χ3v) is 2.64. The highest BCUT2D eigenvalue weighted by molar-refractivity contribution is 5.49. The monoisotopic (exact) mass is 293 g/mol. The molecule has 0 radical (unpaired) electrons. The molecular formula is C11H11N5O5. The average Bonchev–Trinajstić information content (AvgIpc) is 2.84. The zero-order valence-corrected chi connectivity index (χ0v) is 11.0. The smallest absolute Gasteiger partial charge is 0.280 e. The second kappa shape index (κ2) is 6.05. The third-order valence-electron chi connectivity index (χ3n) is 2.64. The van der Waals surface area contributed by atoms with Crippen LogP contribution in [0.2, 0.25) is 0 Å². The van der Waals surface area contributed by atoms with E-state index >= 15 is 0 Å². The zero-order chi connectivity index (χ0) is 15.4. The van der Waals surface area contributed by atoms with Crippen LogP contribution in [0.3, 0.4) is 0 Å². The van der Waals surface area contributed by atoms with Crippen molar-refractivity contribution in [1.82, 2.24) is 15.5 Å². The van der Waals surface area contributed by atoms with Crippen LogP contribution in [0.5, 0.6) is 0 Å². The van der Waals surface area contributed by atoms with Gasteiger partial charge in [-0.1, -0.05) is 5.16 Å². The van der Waals surface area contributed by atoms with Crippen LogP contribution in [0.1, 0.15) is 17.3 Å². The van der Waals surface area contributed by atoms with Gasteiger partial charge in [0.1, 0.15) is 0 Å². The highest BCUT2D eigenvalue weighted by Crippen LogP contribution is 2.24. The van der Waals surface area contributed by atoms with E-state index in [2.05, 4.69) is 15.5 Å². The number of hydrogen-bond acceptors (Lipinski definition) is 8. The van der Waals surface area contributed by atoms with Crippen LogP contribution in [0.25, 0.3) is 0 Å². The molecule has 0 amide bonds. The summed E-state index contributed by atoms with van der Waals surface area (Å²) in [5.41, 5.74) is -0.293. The molecule has 110 valence electrons. The summed E-state index contributed by atoms with van der Waals surface area (Å²) in [7, 11) is 0. The van der Waals surface area contributed by atoms with Crippen molar-refractivity contribution in [2.75, 3.05) is 0 Å². The molecule has 1 N–H and O–H groups in total. The summed E-state index contributed by atoms with van der Waals surface area (Å²) in [6.07, 6.45) is 0. The molecule has 1 heterocycles. The van der Waals surface area contributed by atoms with Crippen LogP contribution >= 0.6 is 0 Å². The quantitative estimate of drug-likeness (QED) is 0.624. The standard InChI is InChI=1S/C11H11N5O5/c1-7-13-11(21-14-7)6-12-5-8-2-3-9(15(17)18)4-10(8)16(19)20/h2-4,12H,5-6H2,1H3. The first-order valence-corrected chi connectivity index (χ1v) is 5.89. The van der Waals surface area contributed by atoms with Crippen LogP contribution in [-0.4, -0.2) is 20.0 Å². The Morgan fingerprint density at radius 2 is 2.00 bits per heavy atom. The first-order chi connectivity index (χ1) is 9.97. The zero-order valence-electron chi connectivity index (χ0n) is 11.0. The van der Waals surface area contributed by atoms with E-state index in [0.717, 1.165) is 6.07 Å². The van der Waals surface area contributed by atoms with E-state index in [4.69, 9.17) is 4.52 Å². The Morgan fingerprint density at radius 1 is 1.24 bits per heavy atom. The van der Waals surface area contributed by atoms with Gasteiger partial charge in [-0.25, -0.2) is 0 Å². The fourth-order valence-electron chi connectivity index (χ4n) is 1.70. The van der Waals surface area contributed by atoms with Crippen molar-refractivity contribution in [3.05, 3.63) is 55.7 Å². The summed E-state index contributed by atoms with van der Waals surface area (Å²) in [6.45, 7) is 2.07. The minimum atomic E-state index is -0.675. The maximum atomic E-state index is 10.9. The summed E-state index contributed by atoms with van der Waals surface area (Å²) in [5, 5.41) is 28.1. The lowest BCUT2D eigenvalue weighted by Crippen LogP contribution is -2.14. The molecule has 1 aromatic carbocycles. The number of nitrogens with zero attached hydrogens (tertiary/aromatic N) is 4. The van der Waals surface area contributed by atoms with E-state index in [9.17, 15) is 20.2 Å². The Labute approximate surface area is 118 Å². The number of hydrogen-bond donors (Lipinski definition) is 1. The Kier molecular flexibility index (Phi) is 4.18. The number of rotatable bonds is 6. The van der Waals surface area contributed by atoms with Crippen molar-refractivity contribution in [3.63, 3.8) is 0 Å². The van der Waals surface area contributed by atoms with Crippen molar-refractivity contribution in [1.29, 1.82) is 0 Å². The van der Waals surface area contributed by atoms with E-state index in [-0.39, 0.29) is 24.5 Å². The molecule has 0 aliphatic rings. The van der Waals surface area contributed by atoms with Crippen LogP contribution in [0.4, 0.5) is 11.4 Å². The van der Waals surface area contributed by atoms with Crippen molar-refractivity contribution in [2.45, 2.75) is 20.0 Å². The molecule has 2 aromatic rings. The fraction of sp³-hybridized carbons (Fsp3) is 0.273. The largest absolute Gasteiger partial charge is 0.338 e. The second-order valence-corrected chi connectivity index (χ2v) is 4.17. The van der Waals surface area contributed by atoms with Crippen molar-refractivity contribution in [2.24, 2.45) is 0 Å². The van der Waals surface area contributed by atoms with Crippen LogP contribution < -0.4 is 5.32 Å². The number of aromatic nitrogens is 2.